The van der Waals surface area contributed by atoms with Crippen LogP contribution in [0.4, 0.5) is 5.69 Å². The van der Waals surface area contributed by atoms with Gasteiger partial charge in [0.05, 0.1) is 24.0 Å². The Bertz CT molecular complexity index is 784. The Morgan fingerprint density at radius 3 is 2.76 bits per heavy atom. The van der Waals surface area contributed by atoms with Crippen molar-refractivity contribution in [3.8, 4) is 0 Å². The Kier molecular flexibility index (Phi) is 3.27. The first kappa shape index (κ1) is 13.1. The van der Waals surface area contributed by atoms with E-state index >= 15 is 0 Å². The van der Waals surface area contributed by atoms with E-state index in [-0.39, 0.29) is 5.69 Å². The van der Waals surface area contributed by atoms with E-state index in [1.165, 1.54) is 0 Å². The molecule has 0 amide bonds. The molecule has 1 aromatic carbocycles. The minimum absolute atomic E-state index is 0.0669. The molecule has 0 aliphatic heterocycles. The monoisotopic (exact) mass is 283 g/mol. The number of fused-ring (bicyclic) bond motifs is 1. The summed E-state index contributed by atoms with van der Waals surface area (Å²) in [4.78, 5) is 13.2. The highest BCUT2D eigenvalue weighted by Crippen LogP contribution is 2.28. The number of carbonyl (C=O) groups is 1. The van der Waals surface area contributed by atoms with E-state index in [0.717, 1.165) is 11.1 Å². The van der Waals surface area contributed by atoms with Gasteiger partial charge in [-0.15, -0.1) is 10.2 Å². The first-order valence-corrected chi connectivity index (χ1v) is 6.39. The molecule has 1 N–H and O–H groups in total. The summed E-state index contributed by atoms with van der Waals surface area (Å²) in [5.74, 6) is -0.357. The first-order valence-electron chi connectivity index (χ1n) is 6.39. The Balaban J connectivity index is 2.13. The lowest BCUT2D eigenvalue weighted by Gasteiger charge is -2.20. The van der Waals surface area contributed by atoms with Crippen molar-refractivity contribution in [2.45, 2.75) is 6.54 Å². The van der Waals surface area contributed by atoms with Crippen molar-refractivity contribution in [3.63, 3.8) is 0 Å². The molecule has 0 unspecified atom stereocenters. The summed E-state index contributed by atoms with van der Waals surface area (Å²) in [6.07, 6.45) is 1.59. The largest absolute Gasteiger partial charge is 0.476 e. The van der Waals surface area contributed by atoms with Crippen LogP contribution in [0.25, 0.3) is 10.9 Å². The van der Waals surface area contributed by atoms with Crippen LogP contribution in [0.2, 0.25) is 0 Å². The van der Waals surface area contributed by atoms with Crippen LogP contribution in [0.3, 0.4) is 0 Å². The van der Waals surface area contributed by atoms with E-state index < -0.39 is 5.97 Å². The Hall–Kier alpha value is -2.89. The van der Waals surface area contributed by atoms with Gasteiger partial charge in [-0.3, -0.25) is 0 Å². The number of aromatic nitrogens is 2. The van der Waals surface area contributed by atoms with E-state index in [0.29, 0.717) is 17.7 Å². The fourth-order valence-corrected chi connectivity index (χ4v) is 2.29. The Morgan fingerprint density at radius 2 is 2.05 bits per heavy atom. The van der Waals surface area contributed by atoms with Gasteiger partial charge in [0, 0.05) is 12.4 Å². The molecule has 0 bridgehead atoms. The molecule has 2 heterocycles. The minimum atomic E-state index is -1.10. The molecular weight excluding hydrogens is 270 g/mol. The van der Waals surface area contributed by atoms with Crippen molar-refractivity contribution >= 4 is 22.6 Å². The molecule has 6 heteroatoms. The summed E-state index contributed by atoms with van der Waals surface area (Å²) in [7, 11) is 1.80. The van der Waals surface area contributed by atoms with Crippen LogP contribution in [0, 0.1) is 0 Å². The summed E-state index contributed by atoms with van der Waals surface area (Å²) in [6.45, 7) is 0.447. The molecule has 21 heavy (non-hydrogen) atoms. The second-order valence-electron chi connectivity index (χ2n) is 4.65. The lowest BCUT2D eigenvalue weighted by Crippen LogP contribution is -2.21. The molecule has 0 atom stereocenters. The van der Waals surface area contributed by atoms with Crippen LogP contribution in [0.1, 0.15) is 16.2 Å². The Morgan fingerprint density at radius 1 is 1.24 bits per heavy atom. The van der Waals surface area contributed by atoms with Crippen molar-refractivity contribution in [1.29, 1.82) is 0 Å². The molecule has 0 aliphatic rings. The molecule has 2 aromatic heterocycles. The number of hydrogen-bond acceptors (Lipinski definition) is 5. The van der Waals surface area contributed by atoms with Crippen LogP contribution < -0.4 is 4.90 Å². The minimum Gasteiger partial charge on any atom is -0.476 e. The predicted octanol–water partition coefficient (Wildman–Crippen LogP) is 2.56. The number of hydrogen-bond donors (Lipinski definition) is 1. The second-order valence-corrected chi connectivity index (χ2v) is 4.65. The van der Waals surface area contributed by atoms with Gasteiger partial charge in [0.25, 0.3) is 0 Å². The number of rotatable bonds is 4. The van der Waals surface area contributed by atoms with Gasteiger partial charge in [0.1, 0.15) is 5.76 Å². The van der Waals surface area contributed by atoms with Crippen molar-refractivity contribution in [2.24, 2.45) is 0 Å². The van der Waals surface area contributed by atoms with Crippen LogP contribution in [-0.4, -0.2) is 28.3 Å². The maximum atomic E-state index is 11.4. The zero-order valence-corrected chi connectivity index (χ0v) is 11.4. The molecule has 3 aromatic rings. The molecule has 6 nitrogen and oxygen atoms in total. The number of nitrogens with zero attached hydrogens (tertiary/aromatic N) is 3. The second kappa shape index (κ2) is 5.24. The van der Waals surface area contributed by atoms with Crippen LogP contribution >= 0.6 is 0 Å². The van der Waals surface area contributed by atoms with Gasteiger partial charge in [-0.1, -0.05) is 18.2 Å². The van der Waals surface area contributed by atoms with Crippen molar-refractivity contribution in [3.05, 3.63) is 54.1 Å². The average molecular weight is 283 g/mol. The van der Waals surface area contributed by atoms with Crippen molar-refractivity contribution < 1.29 is 14.3 Å². The number of carboxylic acid groups (broad SMARTS) is 1. The van der Waals surface area contributed by atoms with E-state index in [4.69, 9.17) is 4.42 Å². The number of aromatic carboxylic acids is 1. The quantitative estimate of drug-likeness (QED) is 0.792. The van der Waals surface area contributed by atoms with E-state index in [2.05, 4.69) is 10.2 Å². The first-order chi connectivity index (χ1) is 10.2. The number of carboxylic acids is 1. The van der Waals surface area contributed by atoms with Crippen molar-refractivity contribution in [1.82, 2.24) is 10.2 Å². The van der Waals surface area contributed by atoms with Crippen LogP contribution in [0.15, 0.2) is 47.1 Å². The molecule has 106 valence electrons. The lowest BCUT2D eigenvalue weighted by atomic mass is 10.1. The maximum absolute atomic E-state index is 11.4. The standard InChI is InChI=1S/C15H13N3O3/c1-18(9-10-5-4-8-21-10)14-11-6-2-3-7-12(11)16-17-13(14)15(19)20/h2-8H,9H2,1H3,(H,19,20). The third kappa shape index (κ3) is 2.43. The predicted molar refractivity (Wildman–Crippen MR) is 77.3 cm³/mol. The molecular formula is C15H13N3O3. The molecule has 3 rings (SSSR count). The zero-order valence-electron chi connectivity index (χ0n) is 11.4. The topological polar surface area (TPSA) is 79.5 Å². The SMILES string of the molecule is CN(Cc1ccco1)c1c(C(=O)O)nnc2ccccc12. The molecule has 0 saturated heterocycles. The summed E-state index contributed by atoms with van der Waals surface area (Å²) in [5, 5.41) is 17.9. The normalized spacial score (nSPS) is 10.7. The van der Waals surface area contributed by atoms with Gasteiger partial charge in [-0.25, -0.2) is 4.79 Å². The van der Waals surface area contributed by atoms with E-state index in [1.54, 1.807) is 30.3 Å². The van der Waals surface area contributed by atoms with Gasteiger partial charge in [0.15, 0.2) is 5.69 Å². The van der Waals surface area contributed by atoms with Gasteiger partial charge >= 0.3 is 5.97 Å². The van der Waals surface area contributed by atoms with Gasteiger partial charge in [-0.2, -0.15) is 0 Å². The molecule has 0 saturated carbocycles. The van der Waals surface area contributed by atoms with Gasteiger partial charge < -0.3 is 14.4 Å². The number of benzene rings is 1. The van der Waals surface area contributed by atoms with E-state index in [9.17, 15) is 9.90 Å². The summed E-state index contributed by atoms with van der Waals surface area (Å²) < 4.78 is 5.31. The third-order valence-electron chi connectivity index (χ3n) is 3.20. The van der Waals surface area contributed by atoms with Gasteiger partial charge in [0.2, 0.25) is 0 Å². The summed E-state index contributed by atoms with van der Waals surface area (Å²) in [5.41, 5.74) is 1.12. The van der Waals surface area contributed by atoms with Crippen LogP contribution in [0.5, 0.6) is 0 Å². The smallest absolute Gasteiger partial charge is 0.358 e. The fourth-order valence-electron chi connectivity index (χ4n) is 2.29. The highest BCUT2D eigenvalue weighted by Gasteiger charge is 2.20. The molecule has 0 radical (unpaired) electrons. The lowest BCUT2D eigenvalue weighted by molar-refractivity contribution is 0.0690. The Labute approximate surface area is 120 Å². The fraction of sp³-hybridized carbons (Fsp3) is 0.133. The summed E-state index contributed by atoms with van der Waals surface area (Å²) >= 11 is 0. The van der Waals surface area contributed by atoms with Crippen molar-refractivity contribution in [2.75, 3.05) is 11.9 Å². The number of anilines is 1. The maximum Gasteiger partial charge on any atom is 0.358 e. The summed E-state index contributed by atoms with van der Waals surface area (Å²) in [6, 6.07) is 11.0. The third-order valence-corrected chi connectivity index (χ3v) is 3.20. The van der Waals surface area contributed by atoms with E-state index in [1.807, 2.05) is 24.3 Å². The van der Waals surface area contributed by atoms with Gasteiger partial charge in [-0.05, 0) is 18.2 Å². The zero-order chi connectivity index (χ0) is 14.8. The number of furan rings is 1. The molecule has 0 spiro atoms. The highest BCUT2D eigenvalue weighted by molar-refractivity contribution is 6.02. The van der Waals surface area contributed by atoms with Crippen LogP contribution in [-0.2, 0) is 6.54 Å². The highest BCUT2D eigenvalue weighted by atomic mass is 16.4. The average Bonchev–Trinajstić information content (AvgIpc) is 2.98. The molecule has 0 aliphatic carbocycles. The molecule has 0 fully saturated rings.